The van der Waals surface area contributed by atoms with Crippen LogP contribution in [0.5, 0.6) is 0 Å². The van der Waals surface area contributed by atoms with Gasteiger partial charge in [-0.3, -0.25) is 14.2 Å². The van der Waals surface area contributed by atoms with E-state index in [4.69, 9.17) is 21.6 Å². The summed E-state index contributed by atoms with van der Waals surface area (Å²) >= 11 is 0. The number of ether oxygens (including phenoxy) is 3. The fourth-order valence-electron chi connectivity index (χ4n) is 3.49. The molecule has 0 bridgehead atoms. The van der Waals surface area contributed by atoms with Crippen molar-refractivity contribution in [1.82, 2.24) is 19.1 Å². The third-order valence-electron chi connectivity index (χ3n) is 4.60. The molecule has 0 unspecified atom stereocenters. The van der Waals surface area contributed by atoms with Crippen LogP contribution in [0.3, 0.4) is 0 Å². The second-order valence-electron chi connectivity index (χ2n) is 6.90. The summed E-state index contributed by atoms with van der Waals surface area (Å²) in [4.78, 5) is 43.7. The Morgan fingerprint density at radius 3 is 2.66 bits per heavy atom. The van der Waals surface area contributed by atoms with E-state index < -0.39 is 54.8 Å². The minimum Gasteiger partial charge on any atom is -0.458 e. The van der Waals surface area contributed by atoms with E-state index in [1.165, 1.54) is 6.20 Å². The normalized spacial score (nSPS) is 21.8. The maximum atomic E-state index is 13.5. The number of fused-ring (bicyclic) bond motifs is 1. The summed E-state index contributed by atoms with van der Waals surface area (Å²) in [6.07, 6.45) is -6.28. The molecular weight excluding hydrogens is 439 g/mol. The van der Waals surface area contributed by atoms with E-state index in [9.17, 15) is 27.6 Å². The molecule has 2 N–H and O–H groups in total. The van der Waals surface area contributed by atoms with Crippen molar-refractivity contribution in [1.29, 1.82) is 0 Å². The van der Waals surface area contributed by atoms with Gasteiger partial charge in [-0.25, -0.2) is 14.3 Å². The molecule has 2 aromatic heterocycles. The lowest BCUT2D eigenvalue weighted by Crippen LogP contribution is -2.43. The van der Waals surface area contributed by atoms with E-state index >= 15 is 0 Å². The molecule has 14 heteroatoms. The van der Waals surface area contributed by atoms with Crippen LogP contribution in [0.25, 0.3) is 11.2 Å². The molecule has 0 spiro atoms. The fourth-order valence-corrected chi connectivity index (χ4v) is 3.49. The van der Waals surface area contributed by atoms with Gasteiger partial charge < -0.3 is 19.9 Å². The van der Waals surface area contributed by atoms with Gasteiger partial charge in [-0.15, -0.1) is 6.42 Å². The van der Waals surface area contributed by atoms with Gasteiger partial charge >= 0.3 is 23.8 Å². The SMILES string of the molecule is C#CCn1c(=O)n([C@@H]2O[C@H]([C@@H](OC(C)=O)C(F)(F)F)C[C@H]2OC(C)=O)c2nc(N)ncc21. The van der Waals surface area contributed by atoms with E-state index in [0.717, 1.165) is 23.0 Å². The number of alkyl halides is 3. The summed E-state index contributed by atoms with van der Waals surface area (Å²) in [5.41, 5.74) is 4.87. The Hall–Kier alpha value is -3.60. The van der Waals surface area contributed by atoms with Crippen LogP contribution < -0.4 is 11.4 Å². The number of carbonyl (C=O) groups excluding carboxylic acids is 2. The van der Waals surface area contributed by atoms with E-state index in [0.29, 0.717) is 0 Å². The maximum Gasteiger partial charge on any atom is 0.428 e. The highest BCUT2D eigenvalue weighted by Crippen LogP contribution is 2.39. The number of rotatable bonds is 5. The lowest BCUT2D eigenvalue weighted by Gasteiger charge is -2.25. The van der Waals surface area contributed by atoms with Gasteiger partial charge in [0.2, 0.25) is 12.1 Å². The molecule has 1 saturated heterocycles. The predicted octanol–water partition coefficient (Wildman–Crippen LogP) is 0.522. The lowest BCUT2D eigenvalue weighted by atomic mass is 10.1. The molecule has 4 atom stereocenters. The molecule has 1 fully saturated rings. The minimum absolute atomic E-state index is 0.0865. The molecule has 1 aliphatic rings. The van der Waals surface area contributed by atoms with E-state index in [1.807, 2.05) is 0 Å². The molecule has 0 saturated carbocycles. The van der Waals surface area contributed by atoms with Gasteiger partial charge in [-0.05, 0) is 0 Å². The van der Waals surface area contributed by atoms with Crippen LogP contribution in [0.1, 0.15) is 26.5 Å². The number of hydrogen-bond acceptors (Lipinski definition) is 9. The van der Waals surface area contributed by atoms with Gasteiger partial charge in [0.05, 0.1) is 12.7 Å². The number of nitrogens with zero attached hydrogens (tertiary/aromatic N) is 4. The van der Waals surface area contributed by atoms with Crippen LogP contribution in [0.4, 0.5) is 19.1 Å². The van der Waals surface area contributed by atoms with Crippen molar-refractivity contribution in [2.45, 2.75) is 57.5 Å². The van der Waals surface area contributed by atoms with E-state index in [2.05, 4.69) is 20.6 Å². The number of terminal acetylenes is 1. The largest absolute Gasteiger partial charge is 0.458 e. The second kappa shape index (κ2) is 8.50. The van der Waals surface area contributed by atoms with Crippen LogP contribution in [0.2, 0.25) is 0 Å². The third-order valence-corrected chi connectivity index (χ3v) is 4.60. The molecule has 0 amide bonds. The summed E-state index contributed by atoms with van der Waals surface area (Å²) in [5.74, 6) is 0.0392. The average Bonchev–Trinajstić information content (AvgIpc) is 3.17. The Labute approximate surface area is 178 Å². The molecule has 32 heavy (non-hydrogen) atoms. The molecule has 1 aliphatic heterocycles. The number of nitrogens with two attached hydrogens (primary N) is 1. The van der Waals surface area contributed by atoms with Crippen LogP contribution in [-0.2, 0) is 30.3 Å². The first-order valence-corrected chi connectivity index (χ1v) is 9.17. The van der Waals surface area contributed by atoms with Gasteiger partial charge in [0.1, 0.15) is 17.7 Å². The molecular formula is C18H18F3N5O6. The van der Waals surface area contributed by atoms with Crippen molar-refractivity contribution in [2.24, 2.45) is 0 Å². The zero-order chi connectivity index (χ0) is 23.8. The summed E-state index contributed by atoms with van der Waals surface area (Å²) in [7, 11) is 0. The van der Waals surface area contributed by atoms with E-state index in [-0.39, 0.29) is 23.7 Å². The first-order valence-electron chi connectivity index (χ1n) is 9.17. The van der Waals surface area contributed by atoms with Crippen LogP contribution in [0, 0.1) is 12.3 Å². The van der Waals surface area contributed by atoms with Gasteiger partial charge in [0, 0.05) is 20.3 Å². The Kier molecular flexibility index (Phi) is 6.13. The number of hydrogen-bond donors (Lipinski definition) is 1. The van der Waals surface area contributed by atoms with Crippen molar-refractivity contribution in [3.63, 3.8) is 0 Å². The summed E-state index contributed by atoms with van der Waals surface area (Å²) in [6, 6.07) is 0. The Morgan fingerprint density at radius 1 is 1.41 bits per heavy atom. The number of nitrogen functional groups attached to an aromatic ring is 1. The number of esters is 2. The first-order chi connectivity index (χ1) is 14.9. The number of carbonyl (C=O) groups is 2. The van der Waals surface area contributed by atoms with Crippen LogP contribution in [0.15, 0.2) is 11.0 Å². The van der Waals surface area contributed by atoms with Crippen LogP contribution in [-0.4, -0.2) is 55.5 Å². The monoisotopic (exact) mass is 457 g/mol. The van der Waals surface area contributed by atoms with Crippen molar-refractivity contribution in [3.8, 4) is 12.3 Å². The smallest absolute Gasteiger partial charge is 0.428 e. The van der Waals surface area contributed by atoms with Crippen molar-refractivity contribution in [2.75, 3.05) is 5.73 Å². The summed E-state index contributed by atoms with van der Waals surface area (Å²) < 4.78 is 57.6. The molecule has 0 aliphatic carbocycles. The summed E-state index contributed by atoms with van der Waals surface area (Å²) in [6.45, 7) is 1.65. The van der Waals surface area contributed by atoms with Crippen molar-refractivity contribution < 1.29 is 37.0 Å². The number of aromatic nitrogens is 4. The average molecular weight is 457 g/mol. The number of imidazole rings is 1. The van der Waals surface area contributed by atoms with E-state index in [1.54, 1.807) is 0 Å². The lowest BCUT2D eigenvalue weighted by molar-refractivity contribution is -0.248. The van der Waals surface area contributed by atoms with Gasteiger partial charge in [0.15, 0.2) is 11.9 Å². The Bertz CT molecular complexity index is 1150. The van der Waals surface area contributed by atoms with Crippen molar-refractivity contribution >= 4 is 29.1 Å². The van der Waals surface area contributed by atoms with Gasteiger partial charge in [-0.1, -0.05) is 5.92 Å². The maximum absolute atomic E-state index is 13.5. The molecule has 2 aromatic rings. The fraction of sp³-hybridized carbons (Fsp3) is 0.500. The zero-order valence-electron chi connectivity index (χ0n) is 16.8. The molecule has 3 heterocycles. The Morgan fingerprint density at radius 2 is 2.09 bits per heavy atom. The van der Waals surface area contributed by atoms with Gasteiger partial charge in [0.25, 0.3) is 0 Å². The highest BCUT2D eigenvalue weighted by molar-refractivity contribution is 5.72. The van der Waals surface area contributed by atoms with Crippen molar-refractivity contribution in [3.05, 3.63) is 16.7 Å². The first kappa shape index (κ1) is 23.1. The predicted molar refractivity (Wildman–Crippen MR) is 101 cm³/mol. The Balaban J connectivity index is 2.14. The summed E-state index contributed by atoms with van der Waals surface area (Å²) in [5, 5.41) is 0. The topological polar surface area (TPSA) is 141 Å². The quantitative estimate of drug-likeness (QED) is 0.503. The third kappa shape index (κ3) is 4.37. The molecule has 0 aromatic carbocycles. The highest BCUT2D eigenvalue weighted by atomic mass is 19.4. The highest BCUT2D eigenvalue weighted by Gasteiger charge is 2.54. The molecule has 3 rings (SSSR count). The minimum atomic E-state index is -4.99. The molecule has 11 nitrogen and oxygen atoms in total. The molecule has 0 radical (unpaired) electrons. The second-order valence-corrected chi connectivity index (χ2v) is 6.90. The standard InChI is InChI=1S/C18H18F3N5O6/c1-4-5-25-10-7-23-16(22)24-14(10)26(17(25)29)15-12(30-8(2)27)6-11(32-15)13(18(19,20)21)31-9(3)28/h1,7,11-13,15H,5-6H2,2-3H3,(H2,22,23,24)/t11-,12+,13+,15+/m0/s1. The zero-order valence-corrected chi connectivity index (χ0v) is 16.8. The number of halogens is 3. The van der Waals surface area contributed by atoms with Gasteiger partial charge in [-0.2, -0.15) is 18.2 Å². The molecule has 172 valence electrons. The van der Waals surface area contributed by atoms with Crippen LogP contribution >= 0.6 is 0 Å². The number of anilines is 1.